The second kappa shape index (κ2) is 14.8. The lowest BCUT2D eigenvalue weighted by molar-refractivity contribution is 0.0179. The minimum atomic E-state index is 0. The third-order valence-corrected chi connectivity index (χ3v) is 4.50. The summed E-state index contributed by atoms with van der Waals surface area (Å²) < 4.78 is 16.2. The van der Waals surface area contributed by atoms with Gasteiger partial charge in [-0.25, -0.2) is 0 Å². The molecule has 160 valence electrons. The lowest BCUT2D eigenvalue weighted by Gasteiger charge is -2.34. The van der Waals surface area contributed by atoms with Gasteiger partial charge in [0.15, 0.2) is 5.96 Å². The lowest BCUT2D eigenvalue weighted by atomic mass is 10.0. The van der Waals surface area contributed by atoms with E-state index in [1.807, 2.05) is 19.1 Å². The predicted octanol–water partition coefficient (Wildman–Crippen LogP) is 2.28. The average Bonchev–Trinajstić information content (AvgIpc) is 2.72. The molecule has 1 saturated heterocycles. The van der Waals surface area contributed by atoms with Crippen LogP contribution in [-0.4, -0.2) is 77.1 Å². The first-order chi connectivity index (χ1) is 13.3. The number of nitrogens with one attached hydrogen (secondary N) is 2. The van der Waals surface area contributed by atoms with Crippen molar-refractivity contribution in [2.75, 3.05) is 66.3 Å². The van der Waals surface area contributed by atoms with Gasteiger partial charge in [0.2, 0.25) is 0 Å². The molecule has 2 N–H and O–H groups in total. The molecule has 1 heterocycles. The first-order valence-corrected chi connectivity index (χ1v) is 9.84. The number of hydrogen-bond acceptors (Lipinski definition) is 5. The van der Waals surface area contributed by atoms with Crippen molar-refractivity contribution in [2.45, 2.75) is 19.9 Å². The van der Waals surface area contributed by atoms with E-state index in [2.05, 4.69) is 34.6 Å². The summed E-state index contributed by atoms with van der Waals surface area (Å²) >= 11 is 0. The van der Waals surface area contributed by atoms with Crippen LogP contribution in [-0.2, 0) is 9.47 Å². The van der Waals surface area contributed by atoms with Gasteiger partial charge in [0.05, 0.1) is 39.5 Å². The summed E-state index contributed by atoms with van der Waals surface area (Å²) in [4.78, 5) is 7.27. The fourth-order valence-corrected chi connectivity index (χ4v) is 3.05. The Hall–Kier alpha value is -1.10. The number of morpholine rings is 1. The molecule has 1 unspecified atom stereocenters. The zero-order valence-corrected chi connectivity index (χ0v) is 19.6. The molecule has 0 amide bonds. The van der Waals surface area contributed by atoms with Crippen molar-refractivity contribution in [1.29, 1.82) is 0 Å². The normalized spacial score (nSPS) is 16.2. The summed E-state index contributed by atoms with van der Waals surface area (Å²) in [6.45, 7) is 11.1. The van der Waals surface area contributed by atoms with Crippen LogP contribution in [0, 0.1) is 0 Å². The molecule has 7 nitrogen and oxygen atoms in total. The van der Waals surface area contributed by atoms with Crippen LogP contribution in [0.3, 0.4) is 0 Å². The Bertz CT molecular complexity index is 551. The Morgan fingerprint density at radius 2 is 1.89 bits per heavy atom. The van der Waals surface area contributed by atoms with E-state index in [0.29, 0.717) is 13.2 Å². The van der Waals surface area contributed by atoms with Crippen molar-refractivity contribution in [3.05, 3.63) is 29.8 Å². The zero-order chi connectivity index (χ0) is 19.3. The van der Waals surface area contributed by atoms with E-state index in [-0.39, 0.29) is 30.0 Å². The highest BCUT2D eigenvalue weighted by Gasteiger charge is 2.22. The molecule has 0 aromatic heterocycles. The van der Waals surface area contributed by atoms with E-state index in [9.17, 15) is 0 Å². The predicted molar refractivity (Wildman–Crippen MR) is 124 cm³/mol. The van der Waals surface area contributed by atoms with Gasteiger partial charge in [0.1, 0.15) is 5.75 Å². The van der Waals surface area contributed by atoms with Crippen LogP contribution in [0.2, 0.25) is 0 Å². The van der Waals surface area contributed by atoms with E-state index in [4.69, 9.17) is 19.2 Å². The first kappa shape index (κ1) is 24.9. The Balaban J connectivity index is 0.00000392. The second-order valence-corrected chi connectivity index (χ2v) is 6.28. The SMILES string of the molecule is CCNC(=NCC(c1ccc(OC)cc1)N1CCOCC1)NCCOCC.I. The van der Waals surface area contributed by atoms with Crippen molar-refractivity contribution >= 4 is 29.9 Å². The van der Waals surface area contributed by atoms with E-state index < -0.39 is 0 Å². The molecule has 2 rings (SSSR count). The molecule has 28 heavy (non-hydrogen) atoms. The molecule has 0 bridgehead atoms. The number of nitrogens with zero attached hydrogens (tertiary/aromatic N) is 2. The standard InChI is InChI=1S/C20H34N4O3.HI/c1-4-21-20(22-10-13-26-5-2)23-16-19(24-11-14-27-15-12-24)17-6-8-18(25-3)9-7-17;/h6-9,19H,4-5,10-16H2,1-3H3,(H2,21,22,23);1H. The maximum Gasteiger partial charge on any atom is 0.191 e. The Labute approximate surface area is 186 Å². The van der Waals surface area contributed by atoms with E-state index in [1.165, 1.54) is 5.56 Å². The molecule has 1 fully saturated rings. The van der Waals surface area contributed by atoms with Gasteiger partial charge in [-0.1, -0.05) is 12.1 Å². The molecular weight excluding hydrogens is 471 g/mol. The quantitative estimate of drug-likeness (QED) is 0.220. The summed E-state index contributed by atoms with van der Waals surface area (Å²) in [7, 11) is 1.69. The zero-order valence-electron chi connectivity index (χ0n) is 17.3. The van der Waals surface area contributed by atoms with Gasteiger partial charge in [-0.05, 0) is 31.5 Å². The molecule has 1 aliphatic rings. The number of hydrogen-bond donors (Lipinski definition) is 2. The third-order valence-electron chi connectivity index (χ3n) is 4.50. The van der Waals surface area contributed by atoms with Crippen LogP contribution in [0.1, 0.15) is 25.5 Å². The number of rotatable bonds is 10. The number of guanidine groups is 1. The van der Waals surface area contributed by atoms with Gasteiger partial charge in [0.25, 0.3) is 0 Å². The summed E-state index contributed by atoms with van der Waals surface area (Å²) in [6.07, 6.45) is 0. The smallest absolute Gasteiger partial charge is 0.191 e. The molecule has 8 heteroatoms. The van der Waals surface area contributed by atoms with Crippen LogP contribution in [0.4, 0.5) is 0 Å². The highest BCUT2D eigenvalue weighted by molar-refractivity contribution is 14.0. The van der Waals surface area contributed by atoms with Crippen molar-refractivity contribution in [3.63, 3.8) is 0 Å². The summed E-state index contributed by atoms with van der Waals surface area (Å²) in [6, 6.07) is 8.49. The maximum atomic E-state index is 5.53. The number of methoxy groups -OCH3 is 1. The van der Waals surface area contributed by atoms with E-state index >= 15 is 0 Å². The lowest BCUT2D eigenvalue weighted by Crippen LogP contribution is -2.42. The molecule has 1 aliphatic heterocycles. The van der Waals surface area contributed by atoms with Crippen LogP contribution in [0.15, 0.2) is 29.3 Å². The van der Waals surface area contributed by atoms with Crippen molar-refractivity contribution < 1.29 is 14.2 Å². The van der Waals surface area contributed by atoms with Gasteiger partial charge in [-0.3, -0.25) is 9.89 Å². The fraction of sp³-hybridized carbons (Fsp3) is 0.650. The Morgan fingerprint density at radius 1 is 1.18 bits per heavy atom. The number of aliphatic imine (C=N–C) groups is 1. The van der Waals surface area contributed by atoms with Gasteiger partial charge < -0.3 is 24.8 Å². The third kappa shape index (κ3) is 8.50. The van der Waals surface area contributed by atoms with Gasteiger partial charge in [-0.15, -0.1) is 24.0 Å². The Kier molecular flexibility index (Phi) is 13.2. The highest BCUT2D eigenvalue weighted by atomic mass is 127. The molecule has 0 aliphatic carbocycles. The molecule has 0 saturated carbocycles. The number of benzene rings is 1. The minimum Gasteiger partial charge on any atom is -0.497 e. The van der Waals surface area contributed by atoms with E-state index in [0.717, 1.165) is 57.7 Å². The van der Waals surface area contributed by atoms with Crippen LogP contribution >= 0.6 is 24.0 Å². The van der Waals surface area contributed by atoms with Crippen LogP contribution in [0.5, 0.6) is 5.75 Å². The molecular formula is C20H35IN4O3. The topological polar surface area (TPSA) is 67.4 Å². The van der Waals surface area contributed by atoms with Crippen molar-refractivity contribution in [1.82, 2.24) is 15.5 Å². The highest BCUT2D eigenvalue weighted by Crippen LogP contribution is 2.24. The molecule has 1 aromatic carbocycles. The Morgan fingerprint density at radius 3 is 2.50 bits per heavy atom. The molecule has 1 atom stereocenters. The van der Waals surface area contributed by atoms with Gasteiger partial charge in [0, 0.05) is 32.8 Å². The number of halogens is 1. The van der Waals surface area contributed by atoms with Gasteiger partial charge >= 0.3 is 0 Å². The molecule has 0 radical (unpaired) electrons. The van der Waals surface area contributed by atoms with Gasteiger partial charge in [-0.2, -0.15) is 0 Å². The van der Waals surface area contributed by atoms with Crippen LogP contribution < -0.4 is 15.4 Å². The second-order valence-electron chi connectivity index (χ2n) is 6.28. The molecule has 0 spiro atoms. The summed E-state index contributed by atoms with van der Waals surface area (Å²) in [5.41, 5.74) is 1.24. The monoisotopic (exact) mass is 506 g/mol. The first-order valence-electron chi connectivity index (χ1n) is 9.84. The maximum absolute atomic E-state index is 5.53. The van der Waals surface area contributed by atoms with E-state index in [1.54, 1.807) is 7.11 Å². The fourth-order valence-electron chi connectivity index (χ4n) is 3.05. The largest absolute Gasteiger partial charge is 0.497 e. The molecule has 1 aromatic rings. The average molecular weight is 506 g/mol. The minimum absolute atomic E-state index is 0. The number of ether oxygens (including phenoxy) is 3. The van der Waals surface area contributed by atoms with Crippen molar-refractivity contribution in [2.24, 2.45) is 4.99 Å². The van der Waals surface area contributed by atoms with Crippen LogP contribution in [0.25, 0.3) is 0 Å². The summed E-state index contributed by atoms with van der Waals surface area (Å²) in [5, 5.41) is 6.64. The summed E-state index contributed by atoms with van der Waals surface area (Å²) in [5.74, 6) is 1.69. The van der Waals surface area contributed by atoms with Crippen molar-refractivity contribution in [3.8, 4) is 5.75 Å².